The van der Waals surface area contributed by atoms with Crippen molar-refractivity contribution in [3.63, 3.8) is 0 Å². The molecule has 0 spiro atoms. The van der Waals surface area contributed by atoms with Crippen molar-refractivity contribution in [1.29, 1.82) is 0 Å². The normalized spacial score (nSPS) is 20.9. The second-order valence-electron chi connectivity index (χ2n) is 5.81. The zero-order chi connectivity index (χ0) is 18.1. The van der Waals surface area contributed by atoms with Crippen molar-refractivity contribution in [2.24, 2.45) is 5.92 Å². The van der Waals surface area contributed by atoms with Crippen LogP contribution < -0.4 is 0 Å². The number of ether oxygens (including phenoxy) is 2. The van der Waals surface area contributed by atoms with Gasteiger partial charge in [-0.15, -0.1) is 0 Å². The quantitative estimate of drug-likeness (QED) is 0.718. The number of hydrogen-bond donors (Lipinski definition) is 0. The molecule has 0 N–H and O–H groups in total. The second-order valence-corrected chi connectivity index (χ2v) is 6.55. The first kappa shape index (κ1) is 19.0. The number of nitrogens with zero attached hydrogens (tertiary/aromatic N) is 1. The van der Waals surface area contributed by atoms with Crippen molar-refractivity contribution in [1.82, 2.24) is 4.90 Å². The molecule has 1 aromatic rings. The average molecular weight is 408 g/mol. The minimum atomic E-state index is -4.94. The Kier molecular flexibility index (Phi) is 5.42. The van der Waals surface area contributed by atoms with Gasteiger partial charge in [0, 0.05) is 0 Å². The summed E-state index contributed by atoms with van der Waals surface area (Å²) < 4.78 is 52.1. The van der Waals surface area contributed by atoms with Gasteiger partial charge in [-0.25, -0.2) is 0 Å². The van der Waals surface area contributed by atoms with E-state index in [-0.39, 0.29) is 22.8 Å². The summed E-state index contributed by atoms with van der Waals surface area (Å²) in [6.07, 6.45) is -4.94. The van der Waals surface area contributed by atoms with Gasteiger partial charge < -0.3 is 0 Å². The van der Waals surface area contributed by atoms with Crippen molar-refractivity contribution in [2.75, 3.05) is 13.7 Å². The third-order valence-corrected chi connectivity index (χ3v) is 4.74. The number of methoxy groups -OCH3 is 1. The molecule has 1 amide bonds. The fraction of sp³-hybridized carbons (Fsp3) is 0.500. The summed E-state index contributed by atoms with van der Waals surface area (Å²) in [6, 6.07) is 6.40. The van der Waals surface area contributed by atoms with E-state index in [9.17, 15) is 18.0 Å². The predicted molar refractivity (Wildman–Crippen MR) is 83.4 cm³/mol. The maximum atomic E-state index is 14.0. The van der Waals surface area contributed by atoms with Crippen LogP contribution in [-0.4, -0.2) is 57.0 Å². The molecule has 0 bridgehead atoms. The summed E-state index contributed by atoms with van der Waals surface area (Å²) in [6.45, 7) is 3.77. The number of amides is 1. The van der Waals surface area contributed by atoms with E-state index in [1.54, 1.807) is 6.07 Å². The number of halogens is 3. The van der Waals surface area contributed by atoms with E-state index < -0.39 is 23.7 Å². The van der Waals surface area contributed by atoms with E-state index in [0.29, 0.717) is 0 Å². The topological polar surface area (TPSA) is 38.8 Å². The van der Waals surface area contributed by atoms with E-state index in [0.717, 1.165) is 12.0 Å². The van der Waals surface area contributed by atoms with Gasteiger partial charge in [-0.05, 0) is 0 Å². The Balaban J connectivity index is 2.60. The predicted octanol–water partition coefficient (Wildman–Crippen LogP) is 2.23. The molecule has 132 valence electrons. The Morgan fingerprint density at radius 3 is 2.38 bits per heavy atom. The molecule has 8 heteroatoms. The zero-order valence-electron chi connectivity index (χ0n) is 13.5. The van der Waals surface area contributed by atoms with Gasteiger partial charge in [0.25, 0.3) is 0 Å². The standard InChI is InChI=1S/C16H18F3NO3Se/c1-10(2)12-9-23-14(24)20(12)13(21)15(22-3,16(17,18)19)11-7-5-4-6-8-11/h4-8,10,12H,9H2,1-3H3/t12-,15+/m1/s1. The SMILES string of the molecule is CO[C@](C(=O)N1C(=[Se])OC[C@@H]1C(C)C)(c1ccccc1)C(F)(F)F. The molecule has 1 fully saturated rings. The number of benzene rings is 1. The molecule has 1 heterocycles. The summed E-state index contributed by atoms with van der Waals surface area (Å²) in [7, 11) is 0.888. The molecule has 1 aliphatic rings. The van der Waals surface area contributed by atoms with Crippen molar-refractivity contribution in [3.8, 4) is 0 Å². The Morgan fingerprint density at radius 1 is 1.33 bits per heavy atom. The van der Waals surface area contributed by atoms with Crippen molar-refractivity contribution in [3.05, 3.63) is 35.9 Å². The Labute approximate surface area is 146 Å². The fourth-order valence-electron chi connectivity index (χ4n) is 2.73. The van der Waals surface area contributed by atoms with Crippen LogP contribution in [0, 0.1) is 5.92 Å². The summed E-state index contributed by atoms with van der Waals surface area (Å²) in [5.74, 6) is -1.30. The first-order chi connectivity index (χ1) is 11.2. The molecule has 1 aromatic carbocycles. The van der Waals surface area contributed by atoms with Gasteiger partial charge in [-0.3, -0.25) is 0 Å². The molecule has 1 saturated heterocycles. The summed E-state index contributed by atoms with van der Waals surface area (Å²) in [5.41, 5.74) is -3.36. The van der Waals surface area contributed by atoms with Gasteiger partial charge in [-0.2, -0.15) is 0 Å². The molecule has 2 rings (SSSR count). The van der Waals surface area contributed by atoms with Gasteiger partial charge in [0.15, 0.2) is 0 Å². The molecule has 0 unspecified atom stereocenters. The van der Waals surface area contributed by atoms with Gasteiger partial charge in [0.1, 0.15) is 0 Å². The van der Waals surface area contributed by atoms with E-state index in [4.69, 9.17) is 9.47 Å². The van der Waals surface area contributed by atoms with Gasteiger partial charge in [0.05, 0.1) is 0 Å². The molecule has 1 aliphatic heterocycles. The van der Waals surface area contributed by atoms with Crippen molar-refractivity contribution >= 4 is 26.2 Å². The van der Waals surface area contributed by atoms with Crippen molar-refractivity contribution < 1.29 is 27.4 Å². The van der Waals surface area contributed by atoms with Crippen LogP contribution in [0.15, 0.2) is 30.3 Å². The molecule has 2 atom stereocenters. The zero-order valence-corrected chi connectivity index (χ0v) is 15.2. The molecule has 24 heavy (non-hydrogen) atoms. The third kappa shape index (κ3) is 2.98. The van der Waals surface area contributed by atoms with Crippen LogP contribution in [0.2, 0.25) is 0 Å². The van der Waals surface area contributed by atoms with E-state index in [2.05, 4.69) is 15.6 Å². The number of carbonyl (C=O) groups is 1. The van der Waals surface area contributed by atoms with E-state index in [1.165, 1.54) is 24.3 Å². The molecular formula is C16H18F3NO3Se. The first-order valence-corrected chi connectivity index (χ1v) is 8.20. The van der Waals surface area contributed by atoms with Crippen LogP contribution in [0.1, 0.15) is 19.4 Å². The van der Waals surface area contributed by atoms with E-state index >= 15 is 0 Å². The number of hydrogen-bond acceptors (Lipinski definition) is 3. The number of alkyl halides is 3. The molecule has 0 radical (unpaired) electrons. The van der Waals surface area contributed by atoms with Crippen LogP contribution >= 0.6 is 0 Å². The van der Waals surface area contributed by atoms with Crippen LogP contribution in [0.5, 0.6) is 0 Å². The van der Waals surface area contributed by atoms with Gasteiger partial charge >= 0.3 is 146 Å². The monoisotopic (exact) mass is 409 g/mol. The van der Waals surface area contributed by atoms with E-state index in [1.807, 2.05) is 13.8 Å². The van der Waals surface area contributed by atoms with Crippen LogP contribution in [-0.2, 0) is 19.9 Å². The average Bonchev–Trinajstić information content (AvgIpc) is 2.90. The summed E-state index contributed by atoms with van der Waals surface area (Å²) in [4.78, 5) is 14.1. The number of carbonyl (C=O) groups excluding carboxylic acids is 1. The minimum absolute atomic E-state index is 0.0281. The molecular weight excluding hydrogens is 390 g/mol. The Morgan fingerprint density at radius 2 is 1.92 bits per heavy atom. The molecule has 0 saturated carbocycles. The third-order valence-electron chi connectivity index (χ3n) is 4.08. The summed E-state index contributed by atoms with van der Waals surface area (Å²) >= 11 is 2.53. The van der Waals surface area contributed by atoms with Crippen molar-refractivity contribution in [2.45, 2.75) is 31.7 Å². The van der Waals surface area contributed by atoms with Crippen LogP contribution in [0.3, 0.4) is 0 Å². The van der Waals surface area contributed by atoms with Gasteiger partial charge in [-0.1, -0.05) is 0 Å². The molecule has 0 aromatic heterocycles. The Bertz CT molecular complexity index is 621. The Hall–Kier alpha value is -1.37. The van der Waals surface area contributed by atoms with Crippen LogP contribution in [0.25, 0.3) is 0 Å². The second kappa shape index (κ2) is 6.86. The number of rotatable bonds is 4. The first-order valence-electron chi connectivity index (χ1n) is 7.34. The molecule has 0 aliphatic carbocycles. The maximum absolute atomic E-state index is 14.0. The summed E-state index contributed by atoms with van der Waals surface area (Å²) in [5, 5.41) is 0. The fourth-order valence-corrected chi connectivity index (χ4v) is 3.33. The van der Waals surface area contributed by atoms with Crippen LogP contribution in [0.4, 0.5) is 13.2 Å². The molecule has 4 nitrogen and oxygen atoms in total. The van der Waals surface area contributed by atoms with Gasteiger partial charge in [0.2, 0.25) is 0 Å².